The molecule has 0 bridgehead atoms. The van der Waals surface area contributed by atoms with E-state index >= 15 is 0 Å². The SMILES string of the molecule is C1CCN([C@H]2CCNC2)CC1.Cl.Cl. The Morgan fingerprint density at radius 3 is 2.23 bits per heavy atom. The molecular weight excluding hydrogens is 207 g/mol. The van der Waals surface area contributed by atoms with Crippen LogP contribution in [-0.2, 0) is 0 Å². The summed E-state index contributed by atoms with van der Waals surface area (Å²) in [6, 6.07) is 0.871. The Morgan fingerprint density at radius 2 is 1.69 bits per heavy atom. The average Bonchev–Trinajstić information content (AvgIpc) is 2.58. The van der Waals surface area contributed by atoms with Crippen molar-refractivity contribution in [3.05, 3.63) is 0 Å². The summed E-state index contributed by atoms with van der Waals surface area (Å²) in [5, 5.41) is 3.43. The van der Waals surface area contributed by atoms with Gasteiger partial charge in [0.1, 0.15) is 0 Å². The summed E-state index contributed by atoms with van der Waals surface area (Å²) < 4.78 is 0. The van der Waals surface area contributed by atoms with Gasteiger partial charge in [-0.1, -0.05) is 6.42 Å². The van der Waals surface area contributed by atoms with Crippen molar-refractivity contribution in [3.63, 3.8) is 0 Å². The summed E-state index contributed by atoms with van der Waals surface area (Å²) in [7, 11) is 0. The van der Waals surface area contributed by atoms with E-state index in [-0.39, 0.29) is 24.8 Å². The van der Waals surface area contributed by atoms with Gasteiger partial charge < -0.3 is 5.32 Å². The second-order valence-corrected chi connectivity index (χ2v) is 3.74. The van der Waals surface area contributed by atoms with Gasteiger partial charge in [-0.25, -0.2) is 0 Å². The van der Waals surface area contributed by atoms with Crippen LogP contribution in [0.2, 0.25) is 0 Å². The Morgan fingerprint density at radius 1 is 1.00 bits per heavy atom. The molecule has 2 aliphatic heterocycles. The molecule has 1 atom stereocenters. The molecule has 0 saturated carbocycles. The Kier molecular flexibility index (Phi) is 7.15. The van der Waals surface area contributed by atoms with E-state index in [9.17, 15) is 0 Å². The van der Waals surface area contributed by atoms with Crippen LogP contribution >= 0.6 is 24.8 Å². The highest BCUT2D eigenvalue weighted by Gasteiger charge is 2.22. The number of hydrogen-bond acceptors (Lipinski definition) is 2. The lowest BCUT2D eigenvalue weighted by Gasteiger charge is -2.31. The highest BCUT2D eigenvalue weighted by Crippen LogP contribution is 2.15. The van der Waals surface area contributed by atoms with Gasteiger partial charge in [0, 0.05) is 12.6 Å². The number of rotatable bonds is 1. The monoisotopic (exact) mass is 226 g/mol. The lowest BCUT2D eigenvalue weighted by atomic mass is 10.1. The number of hydrogen-bond donors (Lipinski definition) is 1. The first kappa shape index (κ1) is 13.5. The van der Waals surface area contributed by atoms with Crippen molar-refractivity contribution in [2.24, 2.45) is 0 Å². The zero-order valence-electron chi connectivity index (χ0n) is 8.00. The standard InChI is InChI=1S/C9H18N2.2ClH/c1-2-6-11(7-3-1)9-4-5-10-8-9;;/h9-10H,1-8H2;2*1H/t9-;;/m0../s1. The van der Waals surface area contributed by atoms with E-state index in [2.05, 4.69) is 10.2 Å². The first-order valence-corrected chi connectivity index (χ1v) is 4.91. The third-order valence-corrected chi connectivity index (χ3v) is 2.94. The molecule has 0 amide bonds. The van der Waals surface area contributed by atoms with Crippen molar-refractivity contribution < 1.29 is 0 Å². The van der Waals surface area contributed by atoms with Crippen molar-refractivity contribution >= 4 is 24.8 Å². The van der Waals surface area contributed by atoms with Crippen LogP contribution < -0.4 is 5.32 Å². The Hall–Kier alpha value is 0.500. The van der Waals surface area contributed by atoms with Gasteiger partial charge in [0.25, 0.3) is 0 Å². The summed E-state index contributed by atoms with van der Waals surface area (Å²) in [5.74, 6) is 0. The minimum absolute atomic E-state index is 0. The van der Waals surface area contributed by atoms with Gasteiger partial charge in [-0.2, -0.15) is 0 Å². The van der Waals surface area contributed by atoms with Crippen molar-refractivity contribution in [2.75, 3.05) is 26.2 Å². The van der Waals surface area contributed by atoms with Crippen molar-refractivity contribution in [1.29, 1.82) is 0 Å². The first-order chi connectivity index (χ1) is 5.47. The minimum Gasteiger partial charge on any atom is -0.315 e. The first-order valence-electron chi connectivity index (χ1n) is 4.91. The van der Waals surface area contributed by atoms with Gasteiger partial charge in [-0.05, 0) is 38.9 Å². The molecule has 2 fully saturated rings. The number of nitrogens with zero attached hydrogens (tertiary/aromatic N) is 1. The van der Waals surface area contributed by atoms with Crippen LogP contribution in [0.15, 0.2) is 0 Å². The third kappa shape index (κ3) is 3.62. The van der Waals surface area contributed by atoms with E-state index in [0.29, 0.717) is 0 Å². The molecule has 0 aromatic rings. The molecule has 2 saturated heterocycles. The molecule has 80 valence electrons. The van der Waals surface area contributed by atoms with Crippen LogP contribution in [-0.4, -0.2) is 37.1 Å². The Bertz CT molecular complexity index is 121. The maximum absolute atomic E-state index is 3.43. The second kappa shape index (κ2) is 6.88. The van der Waals surface area contributed by atoms with Crippen LogP contribution in [0.1, 0.15) is 25.7 Å². The van der Waals surface area contributed by atoms with Gasteiger partial charge in [-0.3, -0.25) is 4.90 Å². The fraction of sp³-hybridized carbons (Fsp3) is 1.00. The molecule has 2 rings (SSSR count). The topological polar surface area (TPSA) is 15.3 Å². The lowest BCUT2D eigenvalue weighted by molar-refractivity contribution is 0.173. The molecule has 0 aliphatic carbocycles. The fourth-order valence-corrected chi connectivity index (χ4v) is 2.23. The van der Waals surface area contributed by atoms with Crippen LogP contribution in [0.4, 0.5) is 0 Å². The zero-order valence-corrected chi connectivity index (χ0v) is 9.63. The third-order valence-electron chi connectivity index (χ3n) is 2.94. The quantitative estimate of drug-likeness (QED) is 0.733. The molecule has 0 radical (unpaired) electrons. The molecule has 4 heteroatoms. The number of piperidine rings is 1. The van der Waals surface area contributed by atoms with E-state index < -0.39 is 0 Å². The van der Waals surface area contributed by atoms with Gasteiger partial charge in [0.15, 0.2) is 0 Å². The fourth-order valence-electron chi connectivity index (χ4n) is 2.23. The molecule has 0 spiro atoms. The van der Waals surface area contributed by atoms with Crippen molar-refractivity contribution in [1.82, 2.24) is 10.2 Å². The smallest absolute Gasteiger partial charge is 0.0232 e. The Balaban J connectivity index is 0.000000720. The van der Waals surface area contributed by atoms with Gasteiger partial charge in [0.05, 0.1) is 0 Å². The van der Waals surface area contributed by atoms with Crippen LogP contribution in [0.3, 0.4) is 0 Å². The average molecular weight is 227 g/mol. The maximum Gasteiger partial charge on any atom is 0.0232 e. The zero-order chi connectivity index (χ0) is 7.52. The maximum atomic E-state index is 3.43. The molecule has 0 aromatic heterocycles. The highest BCUT2D eigenvalue weighted by atomic mass is 35.5. The number of likely N-dealkylation sites (tertiary alicyclic amines) is 1. The minimum atomic E-state index is 0. The summed E-state index contributed by atoms with van der Waals surface area (Å²) in [4.78, 5) is 2.67. The molecule has 2 aliphatic rings. The van der Waals surface area contributed by atoms with Crippen LogP contribution in [0.5, 0.6) is 0 Å². The summed E-state index contributed by atoms with van der Waals surface area (Å²) in [6.45, 7) is 5.18. The molecule has 1 N–H and O–H groups in total. The van der Waals surface area contributed by atoms with Crippen molar-refractivity contribution in [2.45, 2.75) is 31.7 Å². The van der Waals surface area contributed by atoms with E-state index in [0.717, 1.165) is 6.04 Å². The van der Waals surface area contributed by atoms with E-state index in [1.807, 2.05) is 0 Å². The lowest BCUT2D eigenvalue weighted by Crippen LogP contribution is -2.40. The predicted molar refractivity (Wildman–Crippen MR) is 61.2 cm³/mol. The summed E-state index contributed by atoms with van der Waals surface area (Å²) in [6.07, 6.45) is 5.68. The number of nitrogens with one attached hydrogen (secondary N) is 1. The van der Waals surface area contributed by atoms with Crippen LogP contribution in [0.25, 0.3) is 0 Å². The largest absolute Gasteiger partial charge is 0.315 e. The molecule has 2 nitrogen and oxygen atoms in total. The molecule has 2 heterocycles. The summed E-state index contributed by atoms with van der Waals surface area (Å²) in [5.41, 5.74) is 0. The Labute approximate surface area is 93.3 Å². The van der Waals surface area contributed by atoms with Crippen molar-refractivity contribution in [3.8, 4) is 0 Å². The van der Waals surface area contributed by atoms with Crippen LogP contribution in [0, 0.1) is 0 Å². The molecular formula is C9H20Cl2N2. The summed E-state index contributed by atoms with van der Waals surface area (Å²) >= 11 is 0. The number of halogens is 2. The van der Waals surface area contributed by atoms with E-state index in [1.165, 1.54) is 51.9 Å². The molecule has 13 heavy (non-hydrogen) atoms. The highest BCUT2D eigenvalue weighted by molar-refractivity contribution is 5.85. The normalized spacial score (nSPS) is 29.1. The van der Waals surface area contributed by atoms with Gasteiger partial charge in [0.2, 0.25) is 0 Å². The predicted octanol–water partition coefficient (Wildman–Crippen LogP) is 1.68. The second-order valence-electron chi connectivity index (χ2n) is 3.74. The molecule has 0 aromatic carbocycles. The molecule has 0 unspecified atom stereocenters. The van der Waals surface area contributed by atoms with E-state index in [4.69, 9.17) is 0 Å². The van der Waals surface area contributed by atoms with Gasteiger partial charge in [-0.15, -0.1) is 24.8 Å². The van der Waals surface area contributed by atoms with Gasteiger partial charge >= 0.3 is 0 Å². The van der Waals surface area contributed by atoms with E-state index in [1.54, 1.807) is 0 Å².